The molecule has 2 heterocycles. The Morgan fingerprint density at radius 3 is 2.73 bits per heavy atom. The summed E-state index contributed by atoms with van der Waals surface area (Å²) in [6.07, 6.45) is 2.62. The maximum Gasteiger partial charge on any atom is 0.224 e. The van der Waals surface area contributed by atoms with Crippen molar-refractivity contribution in [1.82, 2.24) is 20.4 Å². The van der Waals surface area contributed by atoms with E-state index in [4.69, 9.17) is 11.6 Å². The van der Waals surface area contributed by atoms with Crippen LogP contribution in [0.25, 0.3) is 5.69 Å². The molecule has 1 amide bonds. The monoisotopic (exact) mass is 396 g/mol. The molecule has 1 saturated heterocycles. The SMILES string of the molecule is Cc1nn(-c2ccc(Cl)cc2)c(C)c1CC(=O)NCCC1CCNC1.Cl. The molecule has 1 aliphatic heterocycles. The maximum atomic E-state index is 12.3. The molecule has 0 aliphatic carbocycles. The average Bonchev–Trinajstić information content (AvgIpc) is 3.19. The molecule has 1 fully saturated rings. The van der Waals surface area contributed by atoms with Crippen LogP contribution < -0.4 is 10.6 Å². The van der Waals surface area contributed by atoms with E-state index in [1.807, 2.05) is 42.8 Å². The molecule has 1 aromatic carbocycles. The van der Waals surface area contributed by atoms with E-state index in [1.165, 1.54) is 6.42 Å². The van der Waals surface area contributed by atoms with Gasteiger partial charge >= 0.3 is 0 Å². The van der Waals surface area contributed by atoms with Crippen LogP contribution in [0.1, 0.15) is 29.8 Å². The smallest absolute Gasteiger partial charge is 0.224 e. The molecular formula is C19H26Cl2N4O. The van der Waals surface area contributed by atoms with Gasteiger partial charge in [-0.15, -0.1) is 12.4 Å². The fourth-order valence-electron chi connectivity index (χ4n) is 3.36. The van der Waals surface area contributed by atoms with Crippen LogP contribution in [-0.4, -0.2) is 35.3 Å². The van der Waals surface area contributed by atoms with Crippen molar-refractivity contribution in [2.75, 3.05) is 19.6 Å². The lowest BCUT2D eigenvalue weighted by Gasteiger charge is -2.10. The van der Waals surface area contributed by atoms with E-state index >= 15 is 0 Å². The molecule has 0 saturated carbocycles. The Hall–Kier alpha value is -1.56. The first kappa shape index (κ1) is 20.7. The van der Waals surface area contributed by atoms with E-state index in [-0.39, 0.29) is 18.3 Å². The Kier molecular flexibility index (Phi) is 7.50. The number of nitrogens with zero attached hydrogens (tertiary/aromatic N) is 2. The Labute approximate surface area is 165 Å². The number of halogens is 2. The Morgan fingerprint density at radius 2 is 2.08 bits per heavy atom. The molecule has 2 N–H and O–H groups in total. The van der Waals surface area contributed by atoms with Gasteiger partial charge in [0, 0.05) is 22.8 Å². The van der Waals surface area contributed by atoms with Gasteiger partial charge in [-0.3, -0.25) is 4.79 Å². The van der Waals surface area contributed by atoms with Crippen LogP contribution in [-0.2, 0) is 11.2 Å². The predicted octanol–water partition coefficient (Wildman–Crippen LogP) is 3.22. The van der Waals surface area contributed by atoms with Gasteiger partial charge < -0.3 is 10.6 Å². The van der Waals surface area contributed by atoms with E-state index in [1.54, 1.807) is 0 Å². The summed E-state index contributed by atoms with van der Waals surface area (Å²) in [6, 6.07) is 7.55. The van der Waals surface area contributed by atoms with Crippen molar-refractivity contribution in [1.29, 1.82) is 0 Å². The van der Waals surface area contributed by atoms with Crippen LogP contribution in [0.15, 0.2) is 24.3 Å². The van der Waals surface area contributed by atoms with Gasteiger partial charge in [0.25, 0.3) is 0 Å². The zero-order valence-electron chi connectivity index (χ0n) is 15.2. The van der Waals surface area contributed by atoms with Crippen LogP contribution >= 0.6 is 24.0 Å². The Bertz CT molecular complexity index is 737. The number of nitrogens with one attached hydrogen (secondary N) is 2. The molecule has 0 bridgehead atoms. The van der Waals surface area contributed by atoms with Crippen LogP contribution in [0.5, 0.6) is 0 Å². The molecule has 26 heavy (non-hydrogen) atoms. The summed E-state index contributed by atoms with van der Waals surface area (Å²) in [4.78, 5) is 12.3. The first-order valence-electron chi connectivity index (χ1n) is 8.83. The van der Waals surface area contributed by atoms with E-state index < -0.39 is 0 Å². The summed E-state index contributed by atoms with van der Waals surface area (Å²) < 4.78 is 1.87. The third-order valence-corrected chi connectivity index (χ3v) is 5.14. The lowest BCUT2D eigenvalue weighted by molar-refractivity contribution is -0.120. The fraction of sp³-hybridized carbons (Fsp3) is 0.474. The van der Waals surface area contributed by atoms with Gasteiger partial charge in [-0.2, -0.15) is 5.10 Å². The largest absolute Gasteiger partial charge is 0.356 e. The van der Waals surface area contributed by atoms with Crippen molar-refractivity contribution in [3.8, 4) is 5.69 Å². The average molecular weight is 397 g/mol. The third kappa shape index (κ3) is 5.00. The van der Waals surface area contributed by atoms with E-state index in [2.05, 4.69) is 15.7 Å². The number of aromatic nitrogens is 2. The summed E-state index contributed by atoms with van der Waals surface area (Å²) in [5.41, 5.74) is 3.83. The van der Waals surface area contributed by atoms with Crippen molar-refractivity contribution in [3.05, 3.63) is 46.2 Å². The molecule has 3 rings (SSSR count). The number of carbonyl (C=O) groups excluding carboxylic acids is 1. The number of aryl methyl sites for hydroxylation is 1. The minimum absolute atomic E-state index is 0. The zero-order chi connectivity index (χ0) is 17.8. The van der Waals surface area contributed by atoms with Crippen LogP contribution in [0.2, 0.25) is 5.02 Å². The molecule has 0 spiro atoms. The highest BCUT2D eigenvalue weighted by Crippen LogP contribution is 2.20. The summed E-state index contributed by atoms with van der Waals surface area (Å²) in [6.45, 7) is 6.87. The lowest BCUT2D eigenvalue weighted by atomic mass is 10.1. The number of benzene rings is 1. The minimum atomic E-state index is 0. The van der Waals surface area contributed by atoms with Crippen molar-refractivity contribution < 1.29 is 4.79 Å². The number of amides is 1. The van der Waals surface area contributed by atoms with Crippen LogP contribution in [0.4, 0.5) is 0 Å². The minimum Gasteiger partial charge on any atom is -0.356 e. The van der Waals surface area contributed by atoms with Crippen molar-refractivity contribution >= 4 is 29.9 Å². The van der Waals surface area contributed by atoms with Gasteiger partial charge in [0.2, 0.25) is 5.91 Å². The second-order valence-electron chi connectivity index (χ2n) is 6.71. The molecule has 1 aliphatic rings. The second kappa shape index (κ2) is 9.40. The van der Waals surface area contributed by atoms with Gasteiger partial charge in [-0.25, -0.2) is 4.68 Å². The van der Waals surface area contributed by atoms with Crippen molar-refractivity contribution in [3.63, 3.8) is 0 Å². The van der Waals surface area contributed by atoms with Crippen LogP contribution in [0, 0.1) is 19.8 Å². The first-order valence-corrected chi connectivity index (χ1v) is 9.21. The molecule has 1 atom stereocenters. The highest BCUT2D eigenvalue weighted by atomic mass is 35.5. The molecule has 2 aromatic rings. The zero-order valence-corrected chi connectivity index (χ0v) is 16.8. The first-order chi connectivity index (χ1) is 12.0. The fourth-order valence-corrected chi connectivity index (χ4v) is 3.49. The molecule has 1 unspecified atom stereocenters. The van der Waals surface area contributed by atoms with E-state index in [9.17, 15) is 4.79 Å². The Morgan fingerprint density at radius 1 is 1.35 bits per heavy atom. The quantitative estimate of drug-likeness (QED) is 0.787. The summed E-state index contributed by atoms with van der Waals surface area (Å²) in [5, 5.41) is 11.7. The van der Waals surface area contributed by atoms with Gasteiger partial charge in [-0.05, 0) is 70.0 Å². The molecular weight excluding hydrogens is 371 g/mol. The van der Waals surface area contributed by atoms with Gasteiger partial charge in [0.05, 0.1) is 17.8 Å². The van der Waals surface area contributed by atoms with Crippen molar-refractivity contribution in [2.45, 2.75) is 33.1 Å². The van der Waals surface area contributed by atoms with Crippen LogP contribution in [0.3, 0.4) is 0 Å². The van der Waals surface area contributed by atoms with Gasteiger partial charge in [0.15, 0.2) is 0 Å². The Balaban J connectivity index is 0.00000243. The maximum absolute atomic E-state index is 12.3. The van der Waals surface area contributed by atoms with Crippen molar-refractivity contribution in [2.24, 2.45) is 5.92 Å². The number of rotatable bonds is 6. The molecule has 0 radical (unpaired) electrons. The number of carbonyl (C=O) groups is 1. The predicted molar refractivity (Wildman–Crippen MR) is 108 cm³/mol. The number of hydrogen-bond donors (Lipinski definition) is 2. The summed E-state index contributed by atoms with van der Waals surface area (Å²) in [5.74, 6) is 0.754. The molecule has 142 valence electrons. The topological polar surface area (TPSA) is 59.0 Å². The summed E-state index contributed by atoms with van der Waals surface area (Å²) >= 11 is 5.95. The highest BCUT2D eigenvalue weighted by Gasteiger charge is 2.17. The lowest BCUT2D eigenvalue weighted by Crippen LogP contribution is -2.28. The standard InChI is InChI=1S/C19H25ClN4O.ClH/c1-13-18(11-19(25)22-10-8-15-7-9-21-12-15)14(2)24(23-13)17-5-3-16(20)4-6-17;/h3-6,15,21H,7-12H2,1-2H3,(H,22,25);1H. The molecule has 7 heteroatoms. The number of hydrogen-bond acceptors (Lipinski definition) is 3. The molecule has 5 nitrogen and oxygen atoms in total. The van der Waals surface area contributed by atoms with Gasteiger partial charge in [-0.1, -0.05) is 11.6 Å². The second-order valence-corrected chi connectivity index (χ2v) is 7.15. The molecule has 1 aromatic heterocycles. The highest BCUT2D eigenvalue weighted by molar-refractivity contribution is 6.30. The van der Waals surface area contributed by atoms with E-state index in [0.717, 1.165) is 48.7 Å². The van der Waals surface area contributed by atoms with E-state index in [0.29, 0.717) is 17.4 Å². The normalized spacial score (nSPS) is 16.3. The van der Waals surface area contributed by atoms with Gasteiger partial charge in [0.1, 0.15) is 0 Å². The third-order valence-electron chi connectivity index (χ3n) is 4.89. The summed E-state index contributed by atoms with van der Waals surface area (Å²) in [7, 11) is 0.